The Bertz CT molecular complexity index is 412. The lowest BCUT2D eigenvalue weighted by Gasteiger charge is -2.42. The number of fused-ring (bicyclic) bond motifs is 2. The molecule has 4 atom stereocenters. The van der Waals surface area contributed by atoms with Crippen molar-refractivity contribution >= 4 is 14.1 Å². The molecule has 2 aliphatic carbocycles. The highest BCUT2D eigenvalue weighted by molar-refractivity contribution is 6.74. The van der Waals surface area contributed by atoms with Gasteiger partial charge in [0.05, 0.1) is 6.10 Å². The molecule has 0 amide bonds. The lowest BCUT2D eigenvalue weighted by molar-refractivity contribution is -0.123. The van der Waals surface area contributed by atoms with Crippen LogP contribution >= 0.6 is 0 Å². The lowest BCUT2D eigenvalue weighted by atomic mass is 9.81. The average Bonchev–Trinajstić information content (AvgIpc) is 2.91. The van der Waals surface area contributed by atoms with Gasteiger partial charge in [-0.3, -0.25) is 4.79 Å². The molecule has 0 aromatic carbocycles. The summed E-state index contributed by atoms with van der Waals surface area (Å²) in [6.07, 6.45) is 4.43. The molecular weight excluding hydrogens is 256 g/mol. The maximum absolute atomic E-state index is 11.9. The van der Waals surface area contributed by atoms with Crippen molar-refractivity contribution < 1.29 is 14.0 Å². The summed E-state index contributed by atoms with van der Waals surface area (Å²) in [6, 6.07) is 0. The van der Waals surface area contributed by atoms with Crippen LogP contribution < -0.4 is 0 Å². The third-order valence-corrected chi connectivity index (χ3v) is 10.4. The molecule has 3 rings (SSSR count). The van der Waals surface area contributed by atoms with Crippen molar-refractivity contribution in [1.29, 1.82) is 0 Å². The van der Waals surface area contributed by atoms with E-state index in [4.69, 9.17) is 9.16 Å². The molecule has 19 heavy (non-hydrogen) atoms. The number of ketones is 1. The van der Waals surface area contributed by atoms with Gasteiger partial charge in [-0.2, -0.15) is 0 Å². The molecule has 0 bridgehead atoms. The lowest BCUT2D eigenvalue weighted by Crippen LogP contribution is -2.48. The molecule has 0 N–H and O–H groups in total. The fourth-order valence-corrected chi connectivity index (χ4v) is 5.04. The van der Waals surface area contributed by atoms with Crippen LogP contribution in [0.1, 0.15) is 46.5 Å². The Morgan fingerprint density at radius 1 is 1.37 bits per heavy atom. The van der Waals surface area contributed by atoms with Gasteiger partial charge >= 0.3 is 0 Å². The van der Waals surface area contributed by atoms with Crippen LogP contribution in [0.5, 0.6) is 0 Å². The second-order valence-corrected chi connectivity index (χ2v) is 12.9. The Labute approximate surface area is 117 Å². The highest BCUT2D eigenvalue weighted by Gasteiger charge is 2.69. The van der Waals surface area contributed by atoms with E-state index in [0.717, 1.165) is 12.8 Å². The van der Waals surface area contributed by atoms with Gasteiger partial charge < -0.3 is 9.16 Å². The molecule has 4 heteroatoms. The zero-order valence-electron chi connectivity index (χ0n) is 12.8. The number of Topliss-reactive ketones (excluding diaryl/α,β-unsaturated/α-hetero) is 1. The fourth-order valence-electron chi connectivity index (χ4n) is 3.62. The zero-order valence-corrected chi connectivity index (χ0v) is 13.8. The number of hydrogen-bond acceptors (Lipinski definition) is 3. The summed E-state index contributed by atoms with van der Waals surface area (Å²) in [4.78, 5) is 11.9. The first-order valence-corrected chi connectivity index (χ1v) is 10.4. The van der Waals surface area contributed by atoms with Crippen LogP contribution in [-0.2, 0) is 14.0 Å². The molecule has 1 saturated heterocycles. The van der Waals surface area contributed by atoms with E-state index in [1.54, 1.807) is 0 Å². The number of hydrogen-bond donors (Lipinski definition) is 0. The van der Waals surface area contributed by atoms with Crippen molar-refractivity contribution in [3.8, 4) is 0 Å². The van der Waals surface area contributed by atoms with Gasteiger partial charge in [0.25, 0.3) is 0 Å². The summed E-state index contributed by atoms with van der Waals surface area (Å²) >= 11 is 0. The summed E-state index contributed by atoms with van der Waals surface area (Å²) in [5.74, 6) is 0.315. The number of rotatable bonds is 2. The van der Waals surface area contributed by atoms with Crippen molar-refractivity contribution in [2.45, 2.75) is 82.9 Å². The molecule has 3 fully saturated rings. The van der Waals surface area contributed by atoms with Crippen molar-refractivity contribution in [2.24, 2.45) is 5.41 Å². The smallest absolute Gasteiger partial charge is 0.192 e. The fraction of sp³-hybridized carbons (Fsp3) is 0.933. The third kappa shape index (κ3) is 1.95. The molecule has 0 unspecified atom stereocenters. The topological polar surface area (TPSA) is 38.8 Å². The molecule has 1 aliphatic heterocycles. The molecule has 3 nitrogen and oxygen atoms in total. The zero-order chi connectivity index (χ0) is 14.1. The van der Waals surface area contributed by atoms with Gasteiger partial charge in [-0.15, -0.1) is 0 Å². The van der Waals surface area contributed by atoms with Crippen LogP contribution in [0.25, 0.3) is 0 Å². The van der Waals surface area contributed by atoms with Crippen LogP contribution in [-0.4, -0.2) is 32.4 Å². The van der Waals surface area contributed by atoms with E-state index in [1.165, 1.54) is 6.42 Å². The molecule has 1 spiro atoms. The molecular formula is C15H26O3Si. The minimum atomic E-state index is -1.76. The predicted octanol–water partition coefficient (Wildman–Crippen LogP) is 3.29. The molecule has 1 heterocycles. The Kier molecular flexibility index (Phi) is 2.84. The summed E-state index contributed by atoms with van der Waals surface area (Å²) in [6.45, 7) is 11.4. The Morgan fingerprint density at radius 2 is 2.05 bits per heavy atom. The summed E-state index contributed by atoms with van der Waals surface area (Å²) in [7, 11) is -1.76. The molecule has 0 aromatic heterocycles. The Balaban J connectivity index is 1.80. The highest BCUT2D eigenvalue weighted by atomic mass is 28.4. The van der Waals surface area contributed by atoms with E-state index in [-0.39, 0.29) is 28.8 Å². The second kappa shape index (κ2) is 3.92. The Hall–Kier alpha value is -0.193. The Morgan fingerprint density at radius 3 is 2.53 bits per heavy atom. The monoisotopic (exact) mass is 282 g/mol. The van der Waals surface area contributed by atoms with Gasteiger partial charge in [-0.25, -0.2) is 0 Å². The first-order chi connectivity index (χ1) is 8.67. The molecule has 3 aliphatic rings. The van der Waals surface area contributed by atoms with Crippen LogP contribution in [0.3, 0.4) is 0 Å². The van der Waals surface area contributed by atoms with Crippen LogP contribution in [0.15, 0.2) is 0 Å². The number of ether oxygens (including phenoxy) is 1. The van der Waals surface area contributed by atoms with Crippen LogP contribution in [0.2, 0.25) is 18.1 Å². The van der Waals surface area contributed by atoms with Crippen LogP contribution in [0, 0.1) is 5.41 Å². The minimum Gasteiger partial charge on any atom is -0.413 e. The molecule has 108 valence electrons. The van der Waals surface area contributed by atoms with E-state index < -0.39 is 8.32 Å². The summed E-state index contributed by atoms with van der Waals surface area (Å²) in [5, 5.41) is 0.225. The van der Waals surface area contributed by atoms with Gasteiger partial charge in [0.1, 0.15) is 12.2 Å². The molecule has 2 saturated carbocycles. The third-order valence-electron chi connectivity index (χ3n) is 5.87. The van der Waals surface area contributed by atoms with E-state index in [0.29, 0.717) is 12.2 Å². The van der Waals surface area contributed by atoms with Gasteiger partial charge in [-0.05, 0) is 31.0 Å². The van der Waals surface area contributed by atoms with Crippen molar-refractivity contribution in [1.82, 2.24) is 0 Å². The van der Waals surface area contributed by atoms with Gasteiger partial charge in [-0.1, -0.05) is 27.2 Å². The minimum absolute atomic E-state index is 0.0251. The molecule has 0 radical (unpaired) electrons. The van der Waals surface area contributed by atoms with E-state index >= 15 is 0 Å². The maximum atomic E-state index is 11.9. The van der Waals surface area contributed by atoms with E-state index in [2.05, 4.69) is 33.9 Å². The van der Waals surface area contributed by atoms with Gasteiger partial charge in [0, 0.05) is 11.8 Å². The normalized spacial score (nSPS) is 41.9. The maximum Gasteiger partial charge on any atom is 0.192 e. The van der Waals surface area contributed by atoms with E-state index in [1.807, 2.05) is 0 Å². The SMILES string of the molecule is CC(C)(C)[Si](C)(C)O[C@H]1CCC[C@]12CC(=O)[C@H]1O[C@H]12. The van der Waals surface area contributed by atoms with Gasteiger partial charge in [0.2, 0.25) is 0 Å². The van der Waals surface area contributed by atoms with Crippen molar-refractivity contribution in [2.75, 3.05) is 0 Å². The van der Waals surface area contributed by atoms with Crippen LogP contribution in [0.4, 0.5) is 0 Å². The first-order valence-electron chi connectivity index (χ1n) is 7.53. The quantitative estimate of drug-likeness (QED) is 0.576. The standard InChI is InChI=1S/C15H26O3Si/c1-14(2,3)19(4,5)18-11-7-6-8-15(11)9-10(16)12-13(15)17-12/h11-13H,6-9H2,1-5H3/t11-,12+,13+,15-/m0/s1. The average molecular weight is 282 g/mol. The highest BCUT2D eigenvalue weighted by Crippen LogP contribution is 2.60. The first kappa shape index (κ1) is 13.8. The number of epoxide rings is 1. The number of carbonyl (C=O) groups excluding carboxylic acids is 1. The van der Waals surface area contributed by atoms with Gasteiger partial charge in [0.15, 0.2) is 14.1 Å². The second-order valence-electron chi connectivity index (χ2n) is 8.11. The predicted molar refractivity (Wildman–Crippen MR) is 76.6 cm³/mol. The largest absolute Gasteiger partial charge is 0.413 e. The number of carbonyl (C=O) groups is 1. The van der Waals surface area contributed by atoms with E-state index in [9.17, 15) is 4.79 Å². The molecule has 0 aromatic rings. The van der Waals surface area contributed by atoms with Crippen molar-refractivity contribution in [3.63, 3.8) is 0 Å². The summed E-state index contributed by atoms with van der Waals surface area (Å²) < 4.78 is 12.3. The van der Waals surface area contributed by atoms with Crippen molar-refractivity contribution in [3.05, 3.63) is 0 Å². The summed E-state index contributed by atoms with van der Waals surface area (Å²) in [5.41, 5.74) is 0.0251.